The molecule has 8 nitrogen and oxygen atoms in total. The topological polar surface area (TPSA) is 110 Å². The lowest BCUT2D eigenvalue weighted by molar-refractivity contribution is -0.385. The third-order valence-electron chi connectivity index (χ3n) is 4.75. The molecule has 0 atom stereocenters. The maximum atomic E-state index is 13.2. The van der Waals surface area contributed by atoms with Crippen molar-refractivity contribution in [3.63, 3.8) is 0 Å². The van der Waals surface area contributed by atoms with E-state index in [0.29, 0.717) is 10.6 Å². The Morgan fingerprint density at radius 1 is 1.03 bits per heavy atom. The second kappa shape index (κ2) is 9.90. The van der Waals surface area contributed by atoms with E-state index in [1.807, 2.05) is 0 Å². The van der Waals surface area contributed by atoms with Gasteiger partial charge in [0.1, 0.15) is 0 Å². The number of nitro benzene ring substituents is 1. The largest absolute Gasteiger partial charge is 0.324 e. The van der Waals surface area contributed by atoms with Crippen molar-refractivity contribution in [1.82, 2.24) is 4.31 Å². The zero-order chi connectivity index (χ0) is 23.3. The molecule has 166 valence electrons. The van der Waals surface area contributed by atoms with Gasteiger partial charge >= 0.3 is 0 Å². The Morgan fingerprint density at radius 3 is 2.31 bits per heavy atom. The minimum atomic E-state index is -4.00. The summed E-state index contributed by atoms with van der Waals surface area (Å²) in [7, 11) is -4.00. The van der Waals surface area contributed by atoms with Crippen LogP contribution in [0.15, 0.2) is 77.7 Å². The molecule has 0 heterocycles. The second-order valence-electron chi connectivity index (χ2n) is 6.97. The number of rotatable bonds is 8. The highest BCUT2D eigenvalue weighted by Crippen LogP contribution is 2.25. The van der Waals surface area contributed by atoms with Gasteiger partial charge in [-0.3, -0.25) is 14.9 Å². The highest BCUT2D eigenvalue weighted by Gasteiger charge is 2.27. The van der Waals surface area contributed by atoms with Crippen LogP contribution in [0, 0.1) is 17.0 Å². The maximum absolute atomic E-state index is 13.2. The Bertz CT molecular complexity index is 1230. The molecule has 3 rings (SSSR count). The first kappa shape index (κ1) is 23.4. The van der Waals surface area contributed by atoms with Crippen LogP contribution in [0.3, 0.4) is 0 Å². The average Bonchev–Trinajstić information content (AvgIpc) is 2.76. The van der Waals surface area contributed by atoms with Gasteiger partial charge in [0, 0.05) is 17.6 Å². The first-order valence-electron chi connectivity index (χ1n) is 9.52. The Labute approximate surface area is 190 Å². The van der Waals surface area contributed by atoms with Gasteiger partial charge in [0.05, 0.1) is 27.6 Å². The van der Waals surface area contributed by atoms with E-state index < -0.39 is 27.4 Å². The number of nitro groups is 1. The molecular weight excluding hydrogens is 454 g/mol. The highest BCUT2D eigenvalue weighted by molar-refractivity contribution is 7.89. The molecule has 0 saturated carbocycles. The number of anilines is 1. The maximum Gasteiger partial charge on any atom is 0.274 e. The van der Waals surface area contributed by atoms with Crippen LogP contribution in [-0.2, 0) is 21.4 Å². The van der Waals surface area contributed by atoms with Gasteiger partial charge in [0.15, 0.2) is 0 Å². The number of nitrogens with one attached hydrogen (secondary N) is 1. The molecule has 0 aliphatic carbocycles. The monoisotopic (exact) mass is 473 g/mol. The molecule has 10 heteroatoms. The van der Waals surface area contributed by atoms with Gasteiger partial charge in [-0.15, -0.1) is 0 Å². The van der Waals surface area contributed by atoms with Gasteiger partial charge in [-0.2, -0.15) is 4.31 Å². The van der Waals surface area contributed by atoms with Crippen LogP contribution in [0.2, 0.25) is 5.02 Å². The van der Waals surface area contributed by atoms with Crippen molar-refractivity contribution < 1.29 is 18.1 Å². The molecule has 1 N–H and O–H groups in total. The minimum absolute atomic E-state index is 0.0493. The summed E-state index contributed by atoms with van der Waals surface area (Å²) >= 11 is 5.91. The van der Waals surface area contributed by atoms with E-state index in [0.717, 1.165) is 4.31 Å². The zero-order valence-electron chi connectivity index (χ0n) is 17.1. The van der Waals surface area contributed by atoms with E-state index in [4.69, 9.17) is 11.6 Å². The molecule has 0 fully saturated rings. The van der Waals surface area contributed by atoms with E-state index >= 15 is 0 Å². The van der Waals surface area contributed by atoms with Gasteiger partial charge in [0.25, 0.3) is 5.69 Å². The molecule has 3 aromatic carbocycles. The number of hydrogen-bond acceptors (Lipinski definition) is 5. The number of benzene rings is 3. The fourth-order valence-corrected chi connectivity index (χ4v) is 4.60. The average molecular weight is 474 g/mol. The second-order valence-corrected chi connectivity index (χ2v) is 9.34. The quantitative estimate of drug-likeness (QED) is 0.385. The number of nitrogens with zero attached hydrogens (tertiary/aromatic N) is 2. The van der Waals surface area contributed by atoms with E-state index in [1.54, 1.807) is 42.5 Å². The lowest BCUT2D eigenvalue weighted by Crippen LogP contribution is -2.37. The van der Waals surface area contributed by atoms with Crippen LogP contribution < -0.4 is 5.32 Å². The molecular formula is C22H20ClN3O5S. The first-order valence-corrected chi connectivity index (χ1v) is 11.3. The fraction of sp³-hybridized carbons (Fsp3) is 0.136. The molecule has 0 spiro atoms. The van der Waals surface area contributed by atoms with Crippen LogP contribution in [0.4, 0.5) is 11.4 Å². The normalized spacial score (nSPS) is 11.3. The summed E-state index contributed by atoms with van der Waals surface area (Å²) < 4.78 is 27.5. The summed E-state index contributed by atoms with van der Waals surface area (Å²) in [5, 5.41) is 14.2. The van der Waals surface area contributed by atoms with E-state index in [-0.39, 0.29) is 28.4 Å². The standard InChI is InChI=1S/C22H20ClN3O5S/c1-16-20(8-5-9-21(16)26(28)29)24-22(27)15-25(14-17-10-12-18(23)13-11-17)32(30,31)19-6-3-2-4-7-19/h2-13H,14-15H2,1H3,(H,24,27). The number of amides is 1. The van der Waals surface area contributed by atoms with Crippen molar-refractivity contribution >= 4 is 38.9 Å². The molecule has 0 radical (unpaired) electrons. The van der Waals surface area contributed by atoms with Crippen molar-refractivity contribution in [3.8, 4) is 0 Å². The van der Waals surface area contributed by atoms with E-state index in [9.17, 15) is 23.3 Å². The number of carbonyl (C=O) groups excluding carboxylic acids is 1. The van der Waals surface area contributed by atoms with Crippen molar-refractivity contribution in [2.45, 2.75) is 18.4 Å². The predicted octanol–water partition coefficient (Wildman–Crippen LogP) is 4.39. The lowest BCUT2D eigenvalue weighted by Gasteiger charge is -2.22. The number of carbonyl (C=O) groups is 1. The molecule has 0 unspecified atom stereocenters. The molecule has 3 aromatic rings. The Kier molecular flexibility index (Phi) is 7.24. The molecule has 32 heavy (non-hydrogen) atoms. The third kappa shape index (κ3) is 5.50. The molecule has 0 aliphatic rings. The Balaban J connectivity index is 1.88. The summed E-state index contributed by atoms with van der Waals surface area (Å²) in [4.78, 5) is 23.4. The summed E-state index contributed by atoms with van der Waals surface area (Å²) in [5.41, 5.74) is 1.03. The molecule has 1 amide bonds. The van der Waals surface area contributed by atoms with Gasteiger partial charge in [-0.1, -0.05) is 48.0 Å². The predicted molar refractivity (Wildman–Crippen MR) is 122 cm³/mol. The van der Waals surface area contributed by atoms with Crippen LogP contribution in [0.1, 0.15) is 11.1 Å². The molecule has 0 aliphatic heterocycles. The summed E-state index contributed by atoms with van der Waals surface area (Å²) in [5.74, 6) is -0.623. The van der Waals surface area contributed by atoms with Crippen molar-refractivity contribution in [3.05, 3.63) is 99.1 Å². The fourth-order valence-electron chi connectivity index (χ4n) is 3.07. The SMILES string of the molecule is Cc1c(NC(=O)CN(Cc2ccc(Cl)cc2)S(=O)(=O)c2ccccc2)cccc1[N+](=O)[O-]. The molecule has 0 aromatic heterocycles. The summed E-state index contributed by atoms with van der Waals surface area (Å²) in [6.45, 7) is 0.970. The smallest absolute Gasteiger partial charge is 0.274 e. The zero-order valence-corrected chi connectivity index (χ0v) is 18.6. The number of hydrogen-bond donors (Lipinski definition) is 1. The highest BCUT2D eigenvalue weighted by atomic mass is 35.5. The van der Waals surface area contributed by atoms with Gasteiger partial charge in [0.2, 0.25) is 15.9 Å². The van der Waals surface area contributed by atoms with E-state index in [1.165, 1.54) is 37.3 Å². The van der Waals surface area contributed by atoms with Crippen molar-refractivity contribution in [2.75, 3.05) is 11.9 Å². The van der Waals surface area contributed by atoms with Crippen LogP contribution in [-0.4, -0.2) is 30.1 Å². The summed E-state index contributed by atoms with van der Waals surface area (Å²) in [6.07, 6.45) is 0. The lowest BCUT2D eigenvalue weighted by atomic mass is 10.1. The summed E-state index contributed by atoms with van der Waals surface area (Å²) in [6, 6.07) is 18.7. The van der Waals surface area contributed by atoms with Crippen molar-refractivity contribution in [1.29, 1.82) is 0 Å². The van der Waals surface area contributed by atoms with Gasteiger partial charge in [-0.05, 0) is 42.8 Å². The molecule has 0 saturated heterocycles. The van der Waals surface area contributed by atoms with Gasteiger partial charge < -0.3 is 5.32 Å². The van der Waals surface area contributed by atoms with Gasteiger partial charge in [-0.25, -0.2) is 8.42 Å². The Morgan fingerprint density at radius 2 is 1.69 bits per heavy atom. The van der Waals surface area contributed by atoms with Crippen LogP contribution >= 0.6 is 11.6 Å². The minimum Gasteiger partial charge on any atom is -0.324 e. The van der Waals surface area contributed by atoms with E-state index in [2.05, 4.69) is 5.32 Å². The van der Waals surface area contributed by atoms with Crippen LogP contribution in [0.5, 0.6) is 0 Å². The number of halogens is 1. The third-order valence-corrected chi connectivity index (χ3v) is 6.81. The molecule has 0 bridgehead atoms. The van der Waals surface area contributed by atoms with Crippen molar-refractivity contribution in [2.24, 2.45) is 0 Å². The first-order chi connectivity index (χ1) is 15.2. The van der Waals surface area contributed by atoms with Crippen LogP contribution in [0.25, 0.3) is 0 Å². The Hall–Kier alpha value is -3.27. The number of sulfonamides is 1.